The molecule has 0 bridgehead atoms. The number of amides is 1. The monoisotopic (exact) mass is 473 g/mol. The van der Waals surface area contributed by atoms with E-state index in [2.05, 4.69) is 10.3 Å². The summed E-state index contributed by atoms with van der Waals surface area (Å²) in [5.41, 5.74) is 0.474. The van der Waals surface area contributed by atoms with E-state index in [9.17, 15) is 17.6 Å². The molecule has 0 saturated carbocycles. The largest absolute Gasteiger partial charge is 0.301 e. The summed E-state index contributed by atoms with van der Waals surface area (Å²) in [6.45, 7) is 0.204. The van der Waals surface area contributed by atoms with Gasteiger partial charge in [0.05, 0.1) is 19.6 Å². The molecule has 1 aliphatic heterocycles. The van der Waals surface area contributed by atoms with Crippen LogP contribution in [0.3, 0.4) is 0 Å². The van der Waals surface area contributed by atoms with Gasteiger partial charge in [-0.15, -0.1) is 0 Å². The van der Waals surface area contributed by atoms with E-state index in [1.54, 1.807) is 12.1 Å². The van der Waals surface area contributed by atoms with Crippen LogP contribution >= 0.6 is 34.5 Å². The summed E-state index contributed by atoms with van der Waals surface area (Å²) in [4.78, 5) is 17.1. The summed E-state index contributed by atoms with van der Waals surface area (Å²) in [7, 11) is -3.93. The smallest absolute Gasteiger partial charge is 0.244 e. The molecule has 0 radical (unpaired) electrons. The van der Waals surface area contributed by atoms with Crippen molar-refractivity contribution < 1.29 is 17.6 Å². The maximum absolute atomic E-state index is 13.1. The molecule has 1 saturated heterocycles. The van der Waals surface area contributed by atoms with Crippen molar-refractivity contribution in [3.8, 4) is 0 Å². The fourth-order valence-corrected chi connectivity index (χ4v) is 6.30. The Morgan fingerprint density at radius 2 is 1.86 bits per heavy atom. The topological polar surface area (TPSA) is 79.4 Å². The van der Waals surface area contributed by atoms with Gasteiger partial charge in [-0.1, -0.05) is 34.5 Å². The minimum Gasteiger partial charge on any atom is -0.301 e. The summed E-state index contributed by atoms with van der Waals surface area (Å²) < 4.78 is 40.8. The fraction of sp³-hybridized carbons (Fsp3) is 0.222. The van der Waals surface area contributed by atoms with E-state index in [0.717, 1.165) is 27.8 Å². The molecule has 1 fully saturated rings. The van der Waals surface area contributed by atoms with Crippen LogP contribution in [-0.4, -0.2) is 36.2 Å². The van der Waals surface area contributed by atoms with Crippen molar-refractivity contribution in [2.75, 3.05) is 11.9 Å². The quantitative estimate of drug-likeness (QED) is 0.603. The number of hydrogen-bond acceptors (Lipinski definition) is 5. The molecular formula is C18H14Cl2FN3O3S2. The predicted octanol–water partition coefficient (Wildman–Crippen LogP) is 4.53. The number of thiazole rings is 1. The van der Waals surface area contributed by atoms with Crippen molar-refractivity contribution in [1.82, 2.24) is 9.29 Å². The molecule has 1 amide bonds. The Morgan fingerprint density at radius 3 is 2.55 bits per heavy atom. The van der Waals surface area contributed by atoms with Gasteiger partial charge in [0.15, 0.2) is 5.13 Å². The lowest BCUT2D eigenvalue weighted by molar-refractivity contribution is -0.119. The summed E-state index contributed by atoms with van der Waals surface area (Å²) in [5.74, 6) is -1.02. The third kappa shape index (κ3) is 3.85. The van der Waals surface area contributed by atoms with Crippen molar-refractivity contribution in [2.45, 2.75) is 23.8 Å². The number of halogens is 3. The minimum atomic E-state index is -3.93. The molecule has 2 aromatic carbocycles. The van der Waals surface area contributed by atoms with Crippen LogP contribution in [0.1, 0.15) is 12.8 Å². The van der Waals surface area contributed by atoms with Gasteiger partial charge in [0.2, 0.25) is 15.9 Å². The number of sulfonamides is 1. The van der Waals surface area contributed by atoms with Gasteiger partial charge < -0.3 is 5.32 Å². The number of nitrogens with zero attached hydrogens (tertiary/aromatic N) is 2. The molecule has 1 atom stereocenters. The zero-order valence-electron chi connectivity index (χ0n) is 14.7. The molecule has 0 unspecified atom stereocenters. The van der Waals surface area contributed by atoms with Gasteiger partial charge in [0, 0.05) is 6.54 Å². The lowest BCUT2D eigenvalue weighted by atomic mass is 10.2. The standard InChI is InChI=1S/C18H14Cl2FN3O3S2/c19-12-7-8-13(20)16-15(12)22-18(28-16)23-17(25)14-2-1-9-24(14)29(26,27)11-5-3-10(21)4-6-11/h3-8,14H,1-2,9H2,(H,22,23,25)/t14-/m1/s1. The summed E-state index contributed by atoms with van der Waals surface area (Å²) in [5, 5.41) is 3.83. The Bertz CT molecular complexity index is 1160. The van der Waals surface area contributed by atoms with Gasteiger partial charge in [-0.3, -0.25) is 4.79 Å². The SMILES string of the molecule is O=C(Nc1nc2c(Cl)ccc(Cl)c2s1)[C@H]1CCCN1S(=O)(=O)c1ccc(F)cc1. The fourth-order valence-electron chi connectivity index (χ4n) is 3.22. The molecule has 4 rings (SSSR count). The number of anilines is 1. The van der Waals surface area contributed by atoms with Crippen molar-refractivity contribution in [3.63, 3.8) is 0 Å². The van der Waals surface area contributed by atoms with Crippen LogP contribution in [0.4, 0.5) is 9.52 Å². The van der Waals surface area contributed by atoms with E-state index in [4.69, 9.17) is 23.2 Å². The number of rotatable bonds is 4. The number of benzene rings is 2. The maximum atomic E-state index is 13.1. The Balaban J connectivity index is 1.59. The molecule has 0 spiro atoms. The molecule has 1 N–H and O–H groups in total. The van der Waals surface area contributed by atoms with Gasteiger partial charge in [-0.25, -0.2) is 17.8 Å². The number of carbonyl (C=O) groups is 1. The zero-order valence-corrected chi connectivity index (χ0v) is 17.9. The average molecular weight is 474 g/mol. The number of aromatic nitrogens is 1. The normalized spacial score (nSPS) is 17.7. The van der Waals surface area contributed by atoms with Crippen LogP contribution in [0, 0.1) is 5.82 Å². The minimum absolute atomic E-state index is 0.0582. The molecule has 11 heteroatoms. The number of fused-ring (bicyclic) bond motifs is 1. The molecule has 1 aromatic heterocycles. The van der Waals surface area contributed by atoms with Crippen LogP contribution in [0.25, 0.3) is 10.2 Å². The molecule has 2 heterocycles. The van der Waals surface area contributed by atoms with Crippen molar-refractivity contribution >= 4 is 65.8 Å². The van der Waals surface area contributed by atoms with Crippen molar-refractivity contribution in [1.29, 1.82) is 0 Å². The van der Waals surface area contributed by atoms with Crippen LogP contribution in [0.5, 0.6) is 0 Å². The van der Waals surface area contributed by atoms with Gasteiger partial charge in [-0.05, 0) is 49.2 Å². The van der Waals surface area contributed by atoms with Crippen LogP contribution in [0.15, 0.2) is 41.3 Å². The van der Waals surface area contributed by atoms with E-state index in [1.165, 1.54) is 12.1 Å². The Morgan fingerprint density at radius 1 is 1.17 bits per heavy atom. The van der Waals surface area contributed by atoms with E-state index < -0.39 is 27.8 Å². The first-order valence-corrected chi connectivity index (χ1v) is 11.6. The zero-order chi connectivity index (χ0) is 20.8. The highest BCUT2D eigenvalue weighted by Gasteiger charge is 2.39. The Hall–Kier alpha value is -1.78. The van der Waals surface area contributed by atoms with E-state index in [0.29, 0.717) is 33.1 Å². The molecule has 6 nitrogen and oxygen atoms in total. The number of hydrogen-bond donors (Lipinski definition) is 1. The first-order chi connectivity index (χ1) is 13.8. The van der Waals surface area contributed by atoms with Gasteiger partial charge in [0.25, 0.3) is 0 Å². The third-order valence-electron chi connectivity index (χ3n) is 4.60. The maximum Gasteiger partial charge on any atom is 0.244 e. The molecule has 1 aliphatic rings. The molecule has 29 heavy (non-hydrogen) atoms. The predicted molar refractivity (Wildman–Crippen MR) is 112 cm³/mol. The first kappa shape index (κ1) is 20.5. The lowest BCUT2D eigenvalue weighted by Crippen LogP contribution is -2.43. The second-order valence-electron chi connectivity index (χ2n) is 6.44. The van der Waals surface area contributed by atoms with Crippen LogP contribution in [0.2, 0.25) is 10.0 Å². The summed E-state index contributed by atoms with van der Waals surface area (Å²) >= 11 is 13.4. The molecule has 3 aromatic rings. The van der Waals surface area contributed by atoms with E-state index in [1.807, 2.05) is 0 Å². The van der Waals surface area contributed by atoms with E-state index >= 15 is 0 Å². The summed E-state index contributed by atoms with van der Waals surface area (Å²) in [6, 6.07) is 6.91. The molecule has 0 aliphatic carbocycles. The van der Waals surface area contributed by atoms with Gasteiger partial charge in [0.1, 0.15) is 17.4 Å². The molecule has 152 valence electrons. The molecular weight excluding hydrogens is 460 g/mol. The van der Waals surface area contributed by atoms with E-state index in [-0.39, 0.29) is 16.6 Å². The highest BCUT2D eigenvalue weighted by Crippen LogP contribution is 2.36. The highest BCUT2D eigenvalue weighted by atomic mass is 35.5. The highest BCUT2D eigenvalue weighted by molar-refractivity contribution is 7.89. The number of nitrogens with one attached hydrogen (secondary N) is 1. The van der Waals surface area contributed by atoms with Crippen molar-refractivity contribution in [2.24, 2.45) is 0 Å². The second kappa shape index (κ2) is 7.81. The van der Waals surface area contributed by atoms with Crippen LogP contribution in [-0.2, 0) is 14.8 Å². The second-order valence-corrected chi connectivity index (χ2v) is 10.1. The lowest BCUT2D eigenvalue weighted by Gasteiger charge is -2.23. The Labute approximate surface area is 180 Å². The average Bonchev–Trinajstić information content (AvgIpc) is 3.33. The summed E-state index contributed by atoms with van der Waals surface area (Å²) in [6.07, 6.45) is 0.911. The first-order valence-electron chi connectivity index (χ1n) is 8.60. The Kier molecular flexibility index (Phi) is 5.52. The van der Waals surface area contributed by atoms with Crippen LogP contribution < -0.4 is 5.32 Å². The number of carbonyl (C=O) groups excluding carboxylic acids is 1. The van der Waals surface area contributed by atoms with Gasteiger partial charge in [-0.2, -0.15) is 4.31 Å². The third-order valence-corrected chi connectivity index (χ3v) is 8.26. The van der Waals surface area contributed by atoms with Gasteiger partial charge >= 0.3 is 0 Å². The van der Waals surface area contributed by atoms with Crippen molar-refractivity contribution in [3.05, 3.63) is 52.3 Å².